The van der Waals surface area contributed by atoms with Crippen molar-refractivity contribution in [3.63, 3.8) is 0 Å². The van der Waals surface area contributed by atoms with Crippen LogP contribution in [-0.4, -0.2) is 28.3 Å². The van der Waals surface area contributed by atoms with Crippen LogP contribution in [0.25, 0.3) is 10.9 Å². The number of nitrogens with zero attached hydrogens (tertiary/aromatic N) is 1. The summed E-state index contributed by atoms with van der Waals surface area (Å²) >= 11 is 5.98. The Labute approximate surface area is 198 Å². The van der Waals surface area contributed by atoms with Crippen LogP contribution in [0.2, 0.25) is 0 Å². The van der Waals surface area contributed by atoms with Gasteiger partial charge in [0.05, 0.1) is 12.1 Å². The van der Waals surface area contributed by atoms with Crippen LogP contribution in [0.5, 0.6) is 11.5 Å². The number of aromatic nitrogens is 1. The molecule has 0 radical (unpaired) electrons. The van der Waals surface area contributed by atoms with Gasteiger partial charge in [0.25, 0.3) is 0 Å². The van der Waals surface area contributed by atoms with Gasteiger partial charge in [0, 0.05) is 23.1 Å². The molecule has 0 spiro atoms. The minimum atomic E-state index is -0.0429. The van der Waals surface area contributed by atoms with E-state index in [1.165, 1.54) is 22.2 Å². The molecule has 1 aromatic heterocycles. The monoisotopic (exact) mass is 455 g/mol. The molecule has 5 nitrogen and oxygen atoms in total. The molecule has 2 N–H and O–H groups in total. The van der Waals surface area contributed by atoms with Crippen molar-refractivity contribution in [1.29, 1.82) is 0 Å². The number of thiocarbonyl (C=S) groups is 1. The van der Waals surface area contributed by atoms with Gasteiger partial charge in [-0.2, -0.15) is 0 Å². The fourth-order valence-electron chi connectivity index (χ4n) is 4.98. The Hall–Kier alpha value is -3.51. The van der Waals surface area contributed by atoms with Crippen molar-refractivity contribution in [2.75, 3.05) is 13.3 Å². The van der Waals surface area contributed by atoms with Gasteiger partial charge < -0.3 is 24.7 Å². The third-order valence-electron chi connectivity index (χ3n) is 6.65. The smallest absolute Gasteiger partial charge is 0.231 e. The summed E-state index contributed by atoms with van der Waals surface area (Å²) in [5.74, 6) is 1.57. The number of H-pyrrole nitrogens is 1. The molecule has 0 saturated heterocycles. The maximum absolute atomic E-state index is 5.98. The maximum atomic E-state index is 5.98. The molecule has 0 bridgehead atoms. The topological polar surface area (TPSA) is 49.5 Å². The van der Waals surface area contributed by atoms with Crippen molar-refractivity contribution in [2.24, 2.45) is 0 Å². The van der Waals surface area contributed by atoms with Crippen LogP contribution in [0.1, 0.15) is 41.4 Å². The van der Waals surface area contributed by atoms with E-state index in [-0.39, 0.29) is 18.9 Å². The van der Waals surface area contributed by atoms with Crippen LogP contribution >= 0.6 is 12.2 Å². The second kappa shape index (κ2) is 8.12. The number of aromatic amines is 1. The molecule has 3 heterocycles. The highest BCUT2D eigenvalue weighted by atomic mass is 32.1. The van der Waals surface area contributed by atoms with Crippen LogP contribution in [0.3, 0.4) is 0 Å². The summed E-state index contributed by atoms with van der Waals surface area (Å²) in [4.78, 5) is 6.00. The minimum Gasteiger partial charge on any atom is -0.454 e. The van der Waals surface area contributed by atoms with Crippen molar-refractivity contribution < 1.29 is 9.47 Å². The maximum Gasteiger partial charge on any atom is 0.231 e. The third-order valence-corrected chi connectivity index (χ3v) is 7.00. The lowest BCUT2D eigenvalue weighted by molar-refractivity contribution is 0.174. The second-order valence-corrected chi connectivity index (χ2v) is 8.99. The van der Waals surface area contributed by atoms with Gasteiger partial charge in [0.15, 0.2) is 16.6 Å². The highest BCUT2D eigenvalue weighted by molar-refractivity contribution is 7.80. The Balaban J connectivity index is 1.40. The Morgan fingerprint density at radius 1 is 1.03 bits per heavy atom. The lowest BCUT2D eigenvalue weighted by Crippen LogP contribution is -2.46. The SMILES string of the molecule is C[C@H](NC(=S)N1CCc2c([nH]c3ccccc23)[C@H]1c1ccc2c(c1)OCO2)c1ccccc1. The first kappa shape index (κ1) is 20.1. The van der Waals surface area contributed by atoms with Crippen LogP contribution in [0, 0.1) is 0 Å². The van der Waals surface area contributed by atoms with E-state index in [1.54, 1.807) is 0 Å². The van der Waals surface area contributed by atoms with Gasteiger partial charge in [0.1, 0.15) is 0 Å². The van der Waals surface area contributed by atoms with Crippen LogP contribution in [0.4, 0.5) is 0 Å². The summed E-state index contributed by atoms with van der Waals surface area (Å²) < 4.78 is 11.2. The average Bonchev–Trinajstić information content (AvgIpc) is 3.47. The Morgan fingerprint density at radius 2 is 1.82 bits per heavy atom. The molecule has 2 aliphatic rings. The number of hydrogen-bond acceptors (Lipinski definition) is 3. The molecule has 2 atom stereocenters. The molecule has 3 aromatic carbocycles. The molecule has 166 valence electrons. The van der Waals surface area contributed by atoms with Gasteiger partial charge >= 0.3 is 0 Å². The normalized spacial score (nSPS) is 17.6. The summed E-state index contributed by atoms with van der Waals surface area (Å²) in [5.41, 5.74) is 6.05. The summed E-state index contributed by atoms with van der Waals surface area (Å²) in [6.07, 6.45) is 0.932. The summed E-state index contributed by atoms with van der Waals surface area (Å²) in [6.45, 7) is 3.25. The van der Waals surface area contributed by atoms with Crippen molar-refractivity contribution in [1.82, 2.24) is 15.2 Å². The fraction of sp³-hybridized carbons (Fsp3) is 0.222. The summed E-state index contributed by atoms with van der Waals surface area (Å²) in [5, 5.41) is 5.61. The molecule has 0 saturated carbocycles. The largest absolute Gasteiger partial charge is 0.454 e. The predicted octanol–water partition coefficient (Wildman–Crippen LogP) is 5.48. The molecule has 0 unspecified atom stereocenters. The van der Waals surface area contributed by atoms with Gasteiger partial charge in [-0.15, -0.1) is 0 Å². The Kier molecular flexibility index (Phi) is 4.95. The number of benzene rings is 3. The minimum absolute atomic E-state index is 0.0429. The number of rotatable bonds is 3. The van der Waals surface area contributed by atoms with Gasteiger partial charge in [0.2, 0.25) is 6.79 Å². The van der Waals surface area contributed by atoms with Crippen LogP contribution in [-0.2, 0) is 6.42 Å². The molecule has 6 rings (SSSR count). The quantitative estimate of drug-likeness (QED) is 0.401. The Bertz CT molecular complexity index is 1330. The van der Waals surface area contributed by atoms with E-state index in [2.05, 4.69) is 82.8 Å². The van der Waals surface area contributed by atoms with Crippen molar-refractivity contribution >= 4 is 28.2 Å². The summed E-state index contributed by atoms with van der Waals surface area (Å²) in [6, 6.07) is 25.2. The molecule has 4 aromatic rings. The molecular formula is C27H25N3O2S. The second-order valence-electron chi connectivity index (χ2n) is 8.60. The van der Waals surface area contributed by atoms with Gasteiger partial charge in [-0.05, 0) is 60.5 Å². The number of para-hydroxylation sites is 1. The first-order chi connectivity index (χ1) is 16.2. The molecule has 0 aliphatic carbocycles. The first-order valence-corrected chi connectivity index (χ1v) is 11.7. The summed E-state index contributed by atoms with van der Waals surface area (Å²) in [7, 11) is 0. The van der Waals surface area contributed by atoms with Crippen molar-refractivity contribution in [3.8, 4) is 11.5 Å². The van der Waals surface area contributed by atoms with Gasteiger partial charge in [-0.25, -0.2) is 0 Å². The molecule has 2 aliphatic heterocycles. The molecule has 33 heavy (non-hydrogen) atoms. The van der Waals surface area contributed by atoms with E-state index in [0.29, 0.717) is 0 Å². The van der Waals surface area contributed by atoms with Gasteiger partial charge in [-0.1, -0.05) is 54.6 Å². The van der Waals surface area contributed by atoms with Gasteiger partial charge in [-0.3, -0.25) is 0 Å². The third kappa shape index (κ3) is 3.51. The van der Waals surface area contributed by atoms with E-state index in [1.807, 2.05) is 12.1 Å². The van der Waals surface area contributed by atoms with Crippen LogP contribution in [0.15, 0.2) is 72.8 Å². The predicted molar refractivity (Wildman–Crippen MR) is 134 cm³/mol. The average molecular weight is 456 g/mol. The number of hydrogen-bond donors (Lipinski definition) is 2. The molecule has 0 amide bonds. The van der Waals surface area contributed by atoms with Crippen molar-refractivity contribution in [3.05, 3.63) is 95.2 Å². The highest BCUT2D eigenvalue weighted by Crippen LogP contribution is 2.42. The van der Waals surface area contributed by atoms with E-state index < -0.39 is 0 Å². The van der Waals surface area contributed by atoms with E-state index in [0.717, 1.165) is 40.7 Å². The van der Waals surface area contributed by atoms with E-state index >= 15 is 0 Å². The van der Waals surface area contributed by atoms with E-state index in [4.69, 9.17) is 21.7 Å². The fourth-order valence-corrected chi connectivity index (χ4v) is 5.36. The number of fused-ring (bicyclic) bond motifs is 4. The molecule has 6 heteroatoms. The van der Waals surface area contributed by atoms with E-state index in [9.17, 15) is 0 Å². The van der Waals surface area contributed by atoms with Crippen molar-refractivity contribution in [2.45, 2.75) is 25.4 Å². The highest BCUT2D eigenvalue weighted by Gasteiger charge is 2.34. The number of ether oxygens (including phenoxy) is 2. The lowest BCUT2D eigenvalue weighted by atomic mass is 9.92. The molecule has 0 fully saturated rings. The molecular weight excluding hydrogens is 430 g/mol. The zero-order chi connectivity index (χ0) is 22.4. The lowest BCUT2D eigenvalue weighted by Gasteiger charge is -2.39. The Morgan fingerprint density at radius 3 is 2.70 bits per heavy atom. The standard InChI is InChI=1S/C27H25N3O2S/c1-17(18-7-3-2-4-8-18)28-27(33)30-14-13-21-20-9-5-6-10-22(20)29-25(21)26(30)19-11-12-23-24(15-19)32-16-31-23/h2-12,15,17,26,29H,13-14,16H2,1H3,(H,28,33)/t17-,26+/m0/s1. The number of nitrogens with one attached hydrogen (secondary N) is 2. The van der Waals surface area contributed by atoms with Crippen LogP contribution < -0.4 is 14.8 Å². The first-order valence-electron chi connectivity index (χ1n) is 11.3. The zero-order valence-electron chi connectivity index (χ0n) is 18.4. The zero-order valence-corrected chi connectivity index (χ0v) is 19.2.